The largest absolute Gasteiger partial charge is 0.476 e. The standard InChI is InChI=1S/C18H14N6O3/c1-23-9-12(15(22-23)17(26)27)16(25)20-14-7-8-24-10-13(19-18(24)21-14)11-5-3-2-4-6-11/h2-10H,1H3,(H,26,27)(H,19,20,21,25). The van der Waals surface area contributed by atoms with Crippen molar-refractivity contribution >= 4 is 23.5 Å². The van der Waals surface area contributed by atoms with E-state index >= 15 is 0 Å². The van der Waals surface area contributed by atoms with Crippen LogP contribution >= 0.6 is 0 Å². The van der Waals surface area contributed by atoms with E-state index in [2.05, 4.69) is 20.4 Å². The number of fused-ring (bicyclic) bond motifs is 1. The molecular weight excluding hydrogens is 348 g/mol. The lowest BCUT2D eigenvalue weighted by molar-refractivity contribution is 0.0685. The van der Waals surface area contributed by atoms with E-state index in [0.717, 1.165) is 11.3 Å². The van der Waals surface area contributed by atoms with Crippen LogP contribution in [-0.4, -0.2) is 41.1 Å². The minimum atomic E-state index is -1.27. The summed E-state index contributed by atoms with van der Waals surface area (Å²) >= 11 is 0. The van der Waals surface area contributed by atoms with Crippen LogP contribution in [0.15, 0.2) is 55.0 Å². The van der Waals surface area contributed by atoms with Crippen LogP contribution in [0.3, 0.4) is 0 Å². The van der Waals surface area contributed by atoms with Gasteiger partial charge in [0.2, 0.25) is 5.78 Å². The molecule has 9 nitrogen and oxygen atoms in total. The fourth-order valence-electron chi connectivity index (χ4n) is 2.69. The Morgan fingerprint density at radius 3 is 2.59 bits per heavy atom. The van der Waals surface area contributed by atoms with E-state index in [-0.39, 0.29) is 17.1 Å². The Morgan fingerprint density at radius 1 is 1.07 bits per heavy atom. The van der Waals surface area contributed by atoms with Crippen LogP contribution in [-0.2, 0) is 7.05 Å². The van der Waals surface area contributed by atoms with Crippen molar-refractivity contribution in [2.24, 2.45) is 7.05 Å². The van der Waals surface area contributed by atoms with E-state index in [4.69, 9.17) is 5.11 Å². The molecule has 27 heavy (non-hydrogen) atoms. The highest BCUT2D eigenvalue weighted by molar-refractivity contribution is 6.09. The first kappa shape index (κ1) is 16.5. The van der Waals surface area contributed by atoms with Crippen LogP contribution in [0.25, 0.3) is 17.0 Å². The number of imidazole rings is 1. The van der Waals surface area contributed by atoms with Gasteiger partial charge >= 0.3 is 5.97 Å². The number of rotatable bonds is 4. The van der Waals surface area contributed by atoms with Crippen LogP contribution in [0.4, 0.5) is 5.82 Å². The van der Waals surface area contributed by atoms with Crippen molar-refractivity contribution in [3.63, 3.8) is 0 Å². The monoisotopic (exact) mass is 362 g/mol. The summed E-state index contributed by atoms with van der Waals surface area (Å²) < 4.78 is 3.01. The van der Waals surface area contributed by atoms with E-state index in [9.17, 15) is 9.59 Å². The number of aromatic nitrogens is 5. The van der Waals surface area contributed by atoms with Crippen molar-refractivity contribution in [2.45, 2.75) is 0 Å². The number of hydrogen-bond donors (Lipinski definition) is 2. The van der Waals surface area contributed by atoms with Gasteiger partial charge in [0.15, 0.2) is 5.69 Å². The maximum Gasteiger partial charge on any atom is 0.357 e. The van der Waals surface area contributed by atoms with Gasteiger partial charge in [-0.3, -0.25) is 13.9 Å². The molecule has 9 heteroatoms. The van der Waals surface area contributed by atoms with Gasteiger partial charge < -0.3 is 10.4 Å². The number of aromatic carboxylic acids is 1. The minimum Gasteiger partial charge on any atom is -0.476 e. The lowest BCUT2D eigenvalue weighted by atomic mass is 10.2. The molecule has 4 rings (SSSR count). The number of amides is 1. The van der Waals surface area contributed by atoms with Crippen molar-refractivity contribution in [1.29, 1.82) is 0 Å². The Labute approximate surface area is 152 Å². The first-order valence-electron chi connectivity index (χ1n) is 8.01. The van der Waals surface area contributed by atoms with Crippen LogP contribution in [0.2, 0.25) is 0 Å². The molecule has 0 aliphatic heterocycles. The van der Waals surface area contributed by atoms with Crippen molar-refractivity contribution in [1.82, 2.24) is 24.1 Å². The molecule has 3 aromatic heterocycles. The van der Waals surface area contributed by atoms with E-state index in [1.807, 2.05) is 36.5 Å². The third-order valence-corrected chi connectivity index (χ3v) is 3.91. The number of hydrogen-bond acceptors (Lipinski definition) is 5. The second-order valence-corrected chi connectivity index (χ2v) is 5.84. The summed E-state index contributed by atoms with van der Waals surface area (Å²) in [7, 11) is 1.54. The summed E-state index contributed by atoms with van der Waals surface area (Å²) in [6.07, 6.45) is 4.91. The molecule has 0 spiro atoms. The smallest absolute Gasteiger partial charge is 0.357 e. The Balaban J connectivity index is 1.63. The number of carboxylic acid groups (broad SMARTS) is 1. The lowest BCUT2D eigenvalue weighted by Crippen LogP contribution is -2.16. The van der Waals surface area contributed by atoms with Gasteiger partial charge in [0, 0.05) is 31.2 Å². The molecule has 1 amide bonds. The zero-order chi connectivity index (χ0) is 19.0. The summed E-state index contributed by atoms with van der Waals surface area (Å²) in [5.41, 5.74) is 1.35. The summed E-state index contributed by atoms with van der Waals surface area (Å²) in [4.78, 5) is 32.4. The zero-order valence-corrected chi connectivity index (χ0v) is 14.2. The summed E-state index contributed by atoms with van der Waals surface area (Å²) in [5, 5.41) is 15.5. The Bertz CT molecular complexity index is 1160. The van der Waals surface area contributed by atoms with Crippen molar-refractivity contribution < 1.29 is 14.7 Å². The minimum absolute atomic E-state index is 0.0417. The van der Waals surface area contributed by atoms with Crippen LogP contribution in [0.1, 0.15) is 20.8 Å². The average molecular weight is 362 g/mol. The van der Waals surface area contributed by atoms with Crippen LogP contribution < -0.4 is 5.32 Å². The van der Waals surface area contributed by atoms with Crippen LogP contribution in [0, 0.1) is 0 Å². The van der Waals surface area contributed by atoms with Gasteiger partial charge in [0.25, 0.3) is 5.91 Å². The molecule has 0 aliphatic carbocycles. The van der Waals surface area contributed by atoms with Gasteiger partial charge in [-0.2, -0.15) is 10.1 Å². The molecule has 0 bridgehead atoms. The third kappa shape index (κ3) is 3.13. The number of carbonyl (C=O) groups is 2. The quantitative estimate of drug-likeness (QED) is 0.574. The predicted octanol–water partition coefficient (Wildman–Crippen LogP) is 2.08. The topological polar surface area (TPSA) is 114 Å². The Hall–Kier alpha value is -4.01. The van der Waals surface area contributed by atoms with E-state index in [0.29, 0.717) is 5.78 Å². The molecule has 0 aliphatic rings. The molecule has 0 saturated heterocycles. The van der Waals surface area contributed by atoms with Gasteiger partial charge in [-0.1, -0.05) is 30.3 Å². The molecule has 2 N–H and O–H groups in total. The fraction of sp³-hybridized carbons (Fsp3) is 0.0556. The highest BCUT2D eigenvalue weighted by Crippen LogP contribution is 2.19. The first-order chi connectivity index (χ1) is 13.0. The molecule has 4 aromatic rings. The molecule has 134 valence electrons. The highest BCUT2D eigenvalue weighted by atomic mass is 16.4. The maximum absolute atomic E-state index is 12.4. The molecule has 0 unspecified atom stereocenters. The van der Waals surface area contributed by atoms with Gasteiger partial charge in [-0.05, 0) is 6.07 Å². The normalized spacial score (nSPS) is 10.9. The number of nitrogens with zero attached hydrogens (tertiary/aromatic N) is 5. The SMILES string of the molecule is Cn1cc(C(=O)Nc2ccn3cc(-c4ccccc4)nc3n2)c(C(=O)O)n1. The fourth-order valence-corrected chi connectivity index (χ4v) is 2.69. The molecule has 0 atom stereocenters. The highest BCUT2D eigenvalue weighted by Gasteiger charge is 2.21. The number of aryl methyl sites for hydroxylation is 1. The van der Waals surface area contributed by atoms with Gasteiger partial charge in [-0.25, -0.2) is 9.78 Å². The summed E-state index contributed by atoms with van der Waals surface area (Å²) in [6, 6.07) is 11.3. The molecule has 0 saturated carbocycles. The molecule has 0 radical (unpaired) electrons. The number of carbonyl (C=O) groups excluding carboxylic acids is 1. The van der Waals surface area contributed by atoms with Crippen molar-refractivity contribution in [2.75, 3.05) is 5.32 Å². The lowest BCUT2D eigenvalue weighted by Gasteiger charge is -2.03. The van der Waals surface area contributed by atoms with E-state index in [1.54, 1.807) is 23.7 Å². The number of nitrogens with one attached hydrogen (secondary N) is 1. The zero-order valence-electron chi connectivity index (χ0n) is 14.2. The van der Waals surface area contributed by atoms with Gasteiger partial charge in [0.05, 0.1) is 11.3 Å². The van der Waals surface area contributed by atoms with Gasteiger partial charge in [0.1, 0.15) is 5.82 Å². The second kappa shape index (κ2) is 6.37. The third-order valence-electron chi connectivity index (χ3n) is 3.91. The molecule has 1 aromatic carbocycles. The molecule has 0 fully saturated rings. The maximum atomic E-state index is 12.4. The predicted molar refractivity (Wildman–Crippen MR) is 96.5 cm³/mol. The second-order valence-electron chi connectivity index (χ2n) is 5.84. The summed E-state index contributed by atoms with van der Waals surface area (Å²) in [5.74, 6) is -1.20. The van der Waals surface area contributed by atoms with Crippen molar-refractivity contribution in [3.05, 3.63) is 66.2 Å². The van der Waals surface area contributed by atoms with E-state index < -0.39 is 11.9 Å². The molecule has 3 heterocycles. The van der Waals surface area contributed by atoms with Crippen LogP contribution in [0.5, 0.6) is 0 Å². The van der Waals surface area contributed by atoms with Gasteiger partial charge in [-0.15, -0.1) is 0 Å². The molecular formula is C18H14N6O3. The number of anilines is 1. The number of carboxylic acids is 1. The average Bonchev–Trinajstić information content (AvgIpc) is 3.25. The Morgan fingerprint density at radius 2 is 1.85 bits per heavy atom. The first-order valence-corrected chi connectivity index (χ1v) is 8.01. The van der Waals surface area contributed by atoms with E-state index in [1.165, 1.54) is 10.9 Å². The Kier molecular flexibility index (Phi) is 3.88. The number of benzene rings is 1. The van der Waals surface area contributed by atoms with Crippen molar-refractivity contribution in [3.8, 4) is 11.3 Å². The summed E-state index contributed by atoms with van der Waals surface area (Å²) in [6.45, 7) is 0.